The summed E-state index contributed by atoms with van der Waals surface area (Å²) in [6.07, 6.45) is 6.75. The van der Waals surface area contributed by atoms with Crippen molar-refractivity contribution in [1.29, 1.82) is 0 Å². The minimum absolute atomic E-state index is 0.302. The molecule has 3 rings (SSSR count). The van der Waals surface area contributed by atoms with Gasteiger partial charge in [-0.15, -0.1) is 0 Å². The van der Waals surface area contributed by atoms with Crippen LogP contribution in [0.15, 0.2) is 58.4 Å². The molecule has 0 aliphatic carbocycles. The van der Waals surface area contributed by atoms with Crippen molar-refractivity contribution in [2.45, 2.75) is 39.4 Å². The van der Waals surface area contributed by atoms with Gasteiger partial charge < -0.3 is 4.57 Å². The standard InChI is InChI=1S/C22H29N5O2/c1-5-6-13-26(15-18-10-8-7-9-11-18)17(2)12-14-27-16-23-20-19(27)21(28)25(4)22(29)24(20)3/h5-11,16-17H,12-15H2,1-4H3/b6-5+. The van der Waals surface area contributed by atoms with Crippen molar-refractivity contribution >= 4 is 11.2 Å². The van der Waals surface area contributed by atoms with E-state index in [-0.39, 0.29) is 11.2 Å². The van der Waals surface area contributed by atoms with Crippen molar-refractivity contribution in [2.75, 3.05) is 6.54 Å². The summed E-state index contributed by atoms with van der Waals surface area (Å²) in [6.45, 7) is 6.63. The van der Waals surface area contributed by atoms with Crippen molar-refractivity contribution in [3.8, 4) is 0 Å². The maximum atomic E-state index is 12.6. The lowest BCUT2D eigenvalue weighted by Crippen LogP contribution is -2.38. The monoisotopic (exact) mass is 395 g/mol. The second kappa shape index (κ2) is 9.05. The molecule has 2 heterocycles. The van der Waals surface area contributed by atoms with E-state index in [0.717, 1.165) is 24.1 Å². The molecule has 154 valence electrons. The highest BCUT2D eigenvalue weighted by atomic mass is 16.2. The average molecular weight is 396 g/mol. The Morgan fingerprint density at radius 1 is 1.14 bits per heavy atom. The number of nitrogens with zero attached hydrogens (tertiary/aromatic N) is 5. The topological polar surface area (TPSA) is 65.1 Å². The summed E-state index contributed by atoms with van der Waals surface area (Å²) >= 11 is 0. The minimum atomic E-state index is -0.360. The number of imidazole rings is 1. The van der Waals surface area contributed by atoms with Crippen LogP contribution in [0.3, 0.4) is 0 Å². The van der Waals surface area contributed by atoms with Crippen LogP contribution in [0.4, 0.5) is 0 Å². The summed E-state index contributed by atoms with van der Waals surface area (Å²) in [5, 5.41) is 0. The number of hydrogen-bond donors (Lipinski definition) is 0. The van der Waals surface area contributed by atoms with Crippen molar-refractivity contribution < 1.29 is 0 Å². The van der Waals surface area contributed by atoms with Gasteiger partial charge in [0, 0.05) is 39.8 Å². The predicted molar refractivity (Wildman–Crippen MR) is 116 cm³/mol. The second-order valence-electron chi connectivity index (χ2n) is 7.44. The zero-order chi connectivity index (χ0) is 21.0. The highest BCUT2D eigenvalue weighted by molar-refractivity contribution is 5.69. The zero-order valence-corrected chi connectivity index (χ0v) is 17.6. The van der Waals surface area contributed by atoms with Crippen LogP contribution in [-0.2, 0) is 27.2 Å². The first-order valence-corrected chi connectivity index (χ1v) is 9.94. The molecular formula is C22H29N5O2. The summed E-state index contributed by atoms with van der Waals surface area (Å²) < 4.78 is 4.42. The van der Waals surface area contributed by atoms with Gasteiger partial charge in [0.05, 0.1) is 6.33 Å². The Kier molecular flexibility index (Phi) is 6.49. The SMILES string of the molecule is C/C=C/CN(Cc1ccccc1)C(C)CCn1cnc2c1c(=O)n(C)c(=O)n2C. The van der Waals surface area contributed by atoms with E-state index < -0.39 is 0 Å². The van der Waals surface area contributed by atoms with Crippen LogP contribution in [0.25, 0.3) is 11.2 Å². The summed E-state index contributed by atoms with van der Waals surface area (Å²) in [5.74, 6) is 0. The molecule has 0 N–H and O–H groups in total. The molecule has 0 aliphatic rings. The lowest BCUT2D eigenvalue weighted by Gasteiger charge is -2.28. The van der Waals surface area contributed by atoms with Gasteiger partial charge in [0.2, 0.25) is 0 Å². The number of aromatic nitrogens is 4. The molecule has 0 bridgehead atoms. The number of rotatable bonds is 8. The van der Waals surface area contributed by atoms with Gasteiger partial charge in [-0.2, -0.15) is 0 Å². The quantitative estimate of drug-likeness (QED) is 0.549. The van der Waals surface area contributed by atoms with Crippen molar-refractivity contribution in [3.05, 3.63) is 75.2 Å². The summed E-state index contributed by atoms with van der Waals surface area (Å²) in [4.78, 5) is 31.4. The Balaban J connectivity index is 1.80. The molecule has 2 aromatic heterocycles. The van der Waals surface area contributed by atoms with E-state index in [1.807, 2.05) is 17.6 Å². The molecule has 29 heavy (non-hydrogen) atoms. The second-order valence-corrected chi connectivity index (χ2v) is 7.44. The van der Waals surface area contributed by atoms with E-state index in [1.165, 1.54) is 17.2 Å². The molecule has 1 atom stereocenters. The molecule has 3 aromatic rings. The van der Waals surface area contributed by atoms with Gasteiger partial charge >= 0.3 is 5.69 Å². The average Bonchev–Trinajstić information content (AvgIpc) is 3.16. The highest BCUT2D eigenvalue weighted by Crippen LogP contribution is 2.13. The fourth-order valence-corrected chi connectivity index (χ4v) is 3.53. The Hall–Kier alpha value is -2.93. The molecule has 0 spiro atoms. The van der Waals surface area contributed by atoms with E-state index >= 15 is 0 Å². The minimum Gasteiger partial charge on any atom is -0.325 e. The largest absolute Gasteiger partial charge is 0.332 e. The highest BCUT2D eigenvalue weighted by Gasteiger charge is 2.17. The number of aryl methyl sites for hydroxylation is 2. The third kappa shape index (κ3) is 4.40. The van der Waals surface area contributed by atoms with Crippen LogP contribution in [0.5, 0.6) is 0 Å². The Morgan fingerprint density at radius 3 is 2.55 bits per heavy atom. The van der Waals surface area contributed by atoms with Gasteiger partial charge in [0.1, 0.15) is 0 Å². The first kappa shape index (κ1) is 20.8. The van der Waals surface area contributed by atoms with E-state index in [0.29, 0.717) is 23.8 Å². The Morgan fingerprint density at radius 2 is 1.86 bits per heavy atom. The third-order valence-electron chi connectivity index (χ3n) is 5.43. The van der Waals surface area contributed by atoms with Crippen molar-refractivity contribution in [1.82, 2.24) is 23.6 Å². The van der Waals surface area contributed by atoms with Crippen LogP contribution in [0.2, 0.25) is 0 Å². The van der Waals surface area contributed by atoms with Crippen LogP contribution in [0, 0.1) is 0 Å². The number of allylic oxidation sites excluding steroid dienone is 1. The van der Waals surface area contributed by atoms with Gasteiger partial charge in [0.25, 0.3) is 5.56 Å². The summed E-state index contributed by atoms with van der Waals surface area (Å²) in [5.41, 5.74) is 1.52. The normalized spacial score (nSPS) is 13.0. The fraction of sp³-hybridized carbons (Fsp3) is 0.409. The third-order valence-corrected chi connectivity index (χ3v) is 5.43. The molecule has 1 aromatic carbocycles. The van der Waals surface area contributed by atoms with Crippen molar-refractivity contribution in [3.63, 3.8) is 0 Å². The van der Waals surface area contributed by atoms with Gasteiger partial charge in [-0.1, -0.05) is 42.5 Å². The Labute approximate surface area is 170 Å². The van der Waals surface area contributed by atoms with Crippen LogP contribution in [0.1, 0.15) is 25.8 Å². The fourth-order valence-electron chi connectivity index (χ4n) is 3.53. The maximum Gasteiger partial charge on any atom is 0.332 e. The van der Waals surface area contributed by atoms with E-state index in [4.69, 9.17) is 0 Å². The molecule has 0 saturated heterocycles. The summed E-state index contributed by atoms with van der Waals surface area (Å²) in [6, 6.07) is 10.7. The molecule has 1 unspecified atom stereocenters. The molecular weight excluding hydrogens is 366 g/mol. The zero-order valence-electron chi connectivity index (χ0n) is 17.6. The first-order valence-electron chi connectivity index (χ1n) is 9.94. The molecule has 0 radical (unpaired) electrons. The smallest absolute Gasteiger partial charge is 0.325 e. The van der Waals surface area contributed by atoms with Gasteiger partial charge in [-0.25, -0.2) is 9.78 Å². The molecule has 0 fully saturated rings. The van der Waals surface area contributed by atoms with Crippen molar-refractivity contribution in [2.24, 2.45) is 14.1 Å². The lowest BCUT2D eigenvalue weighted by atomic mass is 10.1. The first-order chi connectivity index (χ1) is 13.9. The van der Waals surface area contributed by atoms with Gasteiger partial charge in [-0.3, -0.25) is 18.8 Å². The van der Waals surface area contributed by atoms with E-state index in [1.54, 1.807) is 13.4 Å². The molecule has 0 saturated carbocycles. The molecule has 0 aliphatic heterocycles. The molecule has 7 heteroatoms. The van der Waals surface area contributed by atoms with E-state index in [2.05, 4.69) is 53.2 Å². The lowest BCUT2D eigenvalue weighted by molar-refractivity contribution is 0.207. The number of fused-ring (bicyclic) bond motifs is 1. The molecule has 7 nitrogen and oxygen atoms in total. The summed E-state index contributed by atoms with van der Waals surface area (Å²) in [7, 11) is 3.14. The Bertz CT molecular complexity index is 1110. The van der Waals surface area contributed by atoms with Gasteiger partial charge in [-0.05, 0) is 25.8 Å². The van der Waals surface area contributed by atoms with Crippen LogP contribution in [-0.4, -0.2) is 36.2 Å². The predicted octanol–water partition coefficient (Wildman–Crippen LogP) is 2.29. The maximum absolute atomic E-state index is 12.6. The number of hydrogen-bond acceptors (Lipinski definition) is 4. The number of benzene rings is 1. The molecule has 0 amide bonds. The van der Waals surface area contributed by atoms with Crippen LogP contribution >= 0.6 is 0 Å². The van der Waals surface area contributed by atoms with Crippen LogP contribution < -0.4 is 11.2 Å². The van der Waals surface area contributed by atoms with Gasteiger partial charge in [0.15, 0.2) is 11.2 Å². The van der Waals surface area contributed by atoms with E-state index in [9.17, 15) is 9.59 Å².